The Balaban J connectivity index is 2.31. The van der Waals surface area contributed by atoms with Crippen molar-refractivity contribution < 1.29 is 9.90 Å². The van der Waals surface area contributed by atoms with Crippen LogP contribution in [0.1, 0.15) is 23.4 Å². The van der Waals surface area contributed by atoms with Gasteiger partial charge in [-0.1, -0.05) is 37.3 Å². The van der Waals surface area contributed by atoms with E-state index < -0.39 is 12.0 Å². The third-order valence-corrected chi connectivity index (χ3v) is 5.12. The zero-order chi connectivity index (χ0) is 16.6. The molecule has 1 aromatic carbocycles. The Bertz CT molecular complexity index is 986. The van der Waals surface area contributed by atoms with Crippen molar-refractivity contribution in [1.29, 1.82) is 0 Å². The molecule has 1 unspecified atom stereocenters. The summed E-state index contributed by atoms with van der Waals surface area (Å²) in [6.45, 7) is 2.00. The molecule has 0 aliphatic rings. The van der Waals surface area contributed by atoms with Gasteiger partial charge in [-0.05, 0) is 30.3 Å². The second-order valence-electron chi connectivity index (χ2n) is 5.07. The van der Waals surface area contributed by atoms with Crippen LogP contribution < -0.4 is 5.56 Å². The quantitative estimate of drug-likeness (QED) is 0.710. The number of benzene rings is 1. The molecule has 0 fully saturated rings. The number of H-pyrrole nitrogens is 1. The molecule has 118 valence electrons. The lowest BCUT2D eigenvalue weighted by Gasteiger charge is -2.16. The van der Waals surface area contributed by atoms with Crippen molar-refractivity contribution >= 4 is 39.7 Å². The van der Waals surface area contributed by atoms with Crippen LogP contribution in [0, 0.1) is 4.77 Å². The standard InChI is InChI=1S/C16H14N2O3S2/c1-2-10-8-11-13(23-10)17-16(22)18(14(11)19)12(15(20)21)9-6-4-3-5-7-9/h3-8,12H,2H2,1H3,(H,17,22)(H,20,21). The average Bonchev–Trinajstić information content (AvgIpc) is 2.95. The Morgan fingerprint density at radius 1 is 1.39 bits per heavy atom. The maximum absolute atomic E-state index is 12.8. The summed E-state index contributed by atoms with van der Waals surface area (Å²) in [6.07, 6.45) is 0.806. The Morgan fingerprint density at radius 2 is 2.09 bits per heavy atom. The lowest BCUT2D eigenvalue weighted by molar-refractivity contribution is -0.139. The fourth-order valence-corrected chi connectivity index (χ4v) is 3.86. The van der Waals surface area contributed by atoms with Crippen LogP contribution >= 0.6 is 23.6 Å². The monoisotopic (exact) mass is 346 g/mol. The van der Waals surface area contributed by atoms with Crippen LogP contribution in [0.15, 0.2) is 41.2 Å². The van der Waals surface area contributed by atoms with Crippen molar-refractivity contribution in [1.82, 2.24) is 9.55 Å². The van der Waals surface area contributed by atoms with Crippen LogP contribution in [0.5, 0.6) is 0 Å². The van der Waals surface area contributed by atoms with E-state index in [1.807, 2.05) is 6.92 Å². The van der Waals surface area contributed by atoms with Gasteiger partial charge in [-0.2, -0.15) is 0 Å². The lowest BCUT2D eigenvalue weighted by atomic mass is 10.1. The summed E-state index contributed by atoms with van der Waals surface area (Å²) in [4.78, 5) is 29.3. The van der Waals surface area contributed by atoms with Crippen molar-refractivity contribution in [3.8, 4) is 0 Å². The van der Waals surface area contributed by atoms with Gasteiger partial charge in [0.2, 0.25) is 0 Å². The number of aliphatic carboxylic acids is 1. The number of aromatic nitrogens is 2. The summed E-state index contributed by atoms with van der Waals surface area (Å²) in [5.74, 6) is -1.12. The number of aryl methyl sites for hydroxylation is 1. The molecule has 0 aliphatic carbocycles. The third kappa shape index (κ3) is 2.73. The molecular formula is C16H14N2O3S2. The van der Waals surface area contributed by atoms with Gasteiger partial charge in [-0.25, -0.2) is 4.79 Å². The van der Waals surface area contributed by atoms with E-state index in [4.69, 9.17) is 12.2 Å². The summed E-state index contributed by atoms with van der Waals surface area (Å²) < 4.78 is 1.25. The molecule has 0 aliphatic heterocycles. The predicted octanol–water partition coefficient (Wildman–Crippen LogP) is 3.36. The Morgan fingerprint density at radius 3 is 2.70 bits per heavy atom. The second kappa shape index (κ2) is 6.10. The predicted molar refractivity (Wildman–Crippen MR) is 92.9 cm³/mol. The highest BCUT2D eigenvalue weighted by atomic mass is 32.1. The minimum Gasteiger partial charge on any atom is -0.479 e. The molecule has 0 amide bonds. The third-order valence-electron chi connectivity index (χ3n) is 3.63. The molecule has 0 spiro atoms. The summed E-state index contributed by atoms with van der Waals surface area (Å²) in [6, 6.07) is 9.27. The highest BCUT2D eigenvalue weighted by molar-refractivity contribution is 7.71. The maximum atomic E-state index is 12.8. The fraction of sp³-hybridized carbons (Fsp3) is 0.188. The molecule has 3 rings (SSSR count). The van der Waals surface area contributed by atoms with Gasteiger partial charge in [0.1, 0.15) is 4.83 Å². The van der Waals surface area contributed by atoms with Crippen molar-refractivity contribution in [2.24, 2.45) is 0 Å². The van der Waals surface area contributed by atoms with Crippen molar-refractivity contribution in [3.63, 3.8) is 0 Å². The molecule has 2 aromatic heterocycles. The molecule has 0 bridgehead atoms. The van der Waals surface area contributed by atoms with Gasteiger partial charge >= 0.3 is 5.97 Å². The number of nitrogens with one attached hydrogen (secondary N) is 1. The topological polar surface area (TPSA) is 75.1 Å². The number of carboxylic acids is 1. The summed E-state index contributed by atoms with van der Waals surface area (Å²) in [5, 5.41) is 10.1. The summed E-state index contributed by atoms with van der Waals surface area (Å²) >= 11 is 6.73. The first-order valence-corrected chi connectivity index (χ1v) is 8.30. The fourth-order valence-electron chi connectivity index (χ4n) is 2.52. The van der Waals surface area contributed by atoms with Crippen molar-refractivity contribution in [3.05, 3.63) is 62.0 Å². The first-order valence-electron chi connectivity index (χ1n) is 7.08. The van der Waals surface area contributed by atoms with Crippen LogP contribution in [0.4, 0.5) is 0 Å². The van der Waals surface area contributed by atoms with E-state index in [0.717, 1.165) is 15.9 Å². The van der Waals surface area contributed by atoms with Gasteiger partial charge in [0.05, 0.1) is 5.39 Å². The lowest BCUT2D eigenvalue weighted by Crippen LogP contribution is -2.31. The van der Waals surface area contributed by atoms with E-state index >= 15 is 0 Å². The second-order valence-corrected chi connectivity index (χ2v) is 6.59. The SMILES string of the molecule is CCc1cc2c(=O)n(C(C(=O)O)c3ccccc3)c(=S)[nH]c2s1. The van der Waals surface area contributed by atoms with Crippen LogP contribution in [0.2, 0.25) is 0 Å². The number of rotatable bonds is 4. The van der Waals surface area contributed by atoms with Crippen LogP contribution in [-0.2, 0) is 11.2 Å². The Labute approximate surface area is 140 Å². The normalized spacial score (nSPS) is 12.4. The zero-order valence-corrected chi connectivity index (χ0v) is 13.9. The van der Waals surface area contributed by atoms with E-state index in [1.165, 1.54) is 11.3 Å². The van der Waals surface area contributed by atoms with E-state index in [2.05, 4.69) is 4.98 Å². The van der Waals surface area contributed by atoms with Gasteiger partial charge in [-0.15, -0.1) is 11.3 Å². The Hall–Kier alpha value is -2.25. The van der Waals surface area contributed by atoms with Crippen LogP contribution in [0.3, 0.4) is 0 Å². The average molecular weight is 346 g/mol. The molecule has 5 nitrogen and oxygen atoms in total. The van der Waals surface area contributed by atoms with Crippen molar-refractivity contribution in [2.75, 3.05) is 0 Å². The highest BCUT2D eigenvalue weighted by Crippen LogP contribution is 2.24. The molecule has 0 saturated heterocycles. The Kier molecular flexibility index (Phi) is 4.14. The molecule has 7 heteroatoms. The largest absolute Gasteiger partial charge is 0.479 e. The number of hydrogen-bond acceptors (Lipinski definition) is 4. The molecule has 3 aromatic rings. The zero-order valence-electron chi connectivity index (χ0n) is 12.3. The van der Waals surface area contributed by atoms with Crippen LogP contribution in [0.25, 0.3) is 10.2 Å². The molecule has 2 N–H and O–H groups in total. The summed E-state index contributed by atoms with van der Waals surface area (Å²) in [5.41, 5.74) is 0.128. The maximum Gasteiger partial charge on any atom is 0.331 e. The number of nitrogens with zero attached hydrogens (tertiary/aromatic N) is 1. The van der Waals surface area contributed by atoms with E-state index in [-0.39, 0.29) is 10.3 Å². The molecule has 1 atom stereocenters. The highest BCUT2D eigenvalue weighted by Gasteiger charge is 2.25. The number of fused-ring (bicyclic) bond motifs is 1. The molecule has 0 saturated carbocycles. The molecular weight excluding hydrogens is 332 g/mol. The van der Waals surface area contributed by atoms with Crippen molar-refractivity contribution in [2.45, 2.75) is 19.4 Å². The smallest absolute Gasteiger partial charge is 0.331 e. The number of hydrogen-bond donors (Lipinski definition) is 2. The van der Waals surface area contributed by atoms with Crippen LogP contribution in [-0.4, -0.2) is 20.6 Å². The first-order chi connectivity index (χ1) is 11.0. The van der Waals surface area contributed by atoms with E-state index in [1.54, 1.807) is 36.4 Å². The number of thiophene rings is 1. The van der Waals surface area contributed by atoms with E-state index in [0.29, 0.717) is 15.8 Å². The summed E-state index contributed by atoms with van der Waals surface area (Å²) in [7, 11) is 0. The number of carbonyl (C=O) groups is 1. The molecule has 23 heavy (non-hydrogen) atoms. The minimum atomic E-state index is -1.15. The van der Waals surface area contributed by atoms with Gasteiger partial charge in [0, 0.05) is 4.88 Å². The molecule has 2 heterocycles. The van der Waals surface area contributed by atoms with Gasteiger partial charge in [0.25, 0.3) is 5.56 Å². The number of aromatic amines is 1. The minimum absolute atomic E-state index is 0.114. The molecule has 0 radical (unpaired) electrons. The van der Waals surface area contributed by atoms with E-state index in [9.17, 15) is 14.7 Å². The van der Waals surface area contributed by atoms with Gasteiger partial charge < -0.3 is 10.1 Å². The van der Waals surface area contributed by atoms with Gasteiger partial charge in [-0.3, -0.25) is 9.36 Å². The first kappa shape index (κ1) is 15.6. The number of carboxylic acid groups (broad SMARTS) is 1. The van der Waals surface area contributed by atoms with Gasteiger partial charge in [0.15, 0.2) is 10.8 Å².